The summed E-state index contributed by atoms with van der Waals surface area (Å²) in [5.41, 5.74) is 2.12. The third-order valence-corrected chi connectivity index (χ3v) is 3.08. The minimum absolute atomic E-state index is 0.0383. The van der Waals surface area contributed by atoms with E-state index in [4.69, 9.17) is 5.26 Å². The zero-order chi connectivity index (χ0) is 11.9. The lowest BCUT2D eigenvalue weighted by molar-refractivity contribution is 1.12. The summed E-state index contributed by atoms with van der Waals surface area (Å²) in [5.74, 6) is 0. The molecule has 1 atom stereocenters. The van der Waals surface area contributed by atoms with Gasteiger partial charge < -0.3 is 5.32 Å². The van der Waals surface area contributed by atoms with Gasteiger partial charge in [0.05, 0.1) is 0 Å². The van der Waals surface area contributed by atoms with E-state index in [1.54, 1.807) is 0 Å². The van der Waals surface area contributed by atoms with E-state index in [2.05, 4.69) is 10.7 Å². The third-order valence-electron chi connectivity index (χ3n) is 2.34. The average molecular weight is 240 g/mol. The van der Waals surface area contributed by atoms with Crippen molar-refractivity contribution in [3.63, 3.8) is 0 Å². The van der Waals surface area contributed by atoms with Crippen molar-refractivity contribution < 1.29 is 0 Å². The molecular formula is C14H12N2S. The summed E-state index contributed by atoms with van der Waals surface area (Å²) in [6.07, 6.45) is 0. The Balaban J connectivity index is 2.17. The second-order valence-electron chi connectivity index (χ2n) is 3.51. The molecule has 0 spiro atoms. The molecule has 0 bridgehead atoms. The van der Waals surface area contributed by atoms with Crippen molar-refractivity contribution in [2.24, 2.45) is 0 Å². The topological polar surface area (TPSA) is 35.8 Å². The molecule has 2 rings (SSSR count). The number of thiocyanates is 1. The molecule has 84 valence electrons. The Kier molecular flexibility index (Phi) is 4.06. The smallest absolute Gasteiger partial charge is 0.135 e. The maximum atomic E-state index is 8.85. The number of para-hydroxylation sites is 1. The van der Waals surface area contributed by atoms with E-state index in [1.165, 1.54) is 11.8 Å². The fraction of sp³-hybridized carbons (Fsp3) is 0.0714. The maximum Gasteiger partial charge on any atom is 0.135 e. The van der Waals surface area contributed by atoms with Gasteiger partial charge in [-0.3, -0.25) is 0 Å². The predicted octanol–water partition coefficient (Wildman–Crippen LogP) is 4.01. The zero-order valence-electron chi connectivity index (χ0n) is 9.21. The van der Waals surface area contributed by atoms with Crippen LogP contribution in [-0.4, -0.2) is 0 Å². The van der Waals surface area contributed by atoms with Gasteiger partial charge in [0.25, 0.3) is 0 Å². The Morgan fingerprint density at radius 3 is 2.12 bits per heavy atom. The highest BCUT2D eigenvalue weighted by molar-refractivity contribution is 8.04. The molecule has 3 heteroatoms. The van der Waals surface area contributed by atoms with E-state index in [0.29, 0.717) is 0 Å². The Morgan fingerprint density at radius 2 is 1.53 bits per heavy atom. The molecule has 0 amide bonds. The lowest BCUT2D eigenvalue weighted by atomic mass is 10.2. The van der Waals surface area contributed by atoms with Crippen molar-refractivity contribution in [1.29, 1.82) is 5.26 Å². The number of rotatable bonds is 4. The Bertz CT molecular complexity index is 491. The molecule has 0 aliphatic heterocycles. The van der Waals surface area contributed by atoms with Crippen molar-refractivity contribution in [1.82, 2.24) is 0 Å². The standard InChI is InChI=1S/C14H12N2S/c15-11-17-14(12-7-3-1-4-8-12)16-13-9-5-2-6-10-13/h1-10,14,16H. The molecule has 0 saturated carbocycles. The summed E-state index contributed by atoms with van der Waals surface area (Å²) in [7, 11) is 0. The van der Waals surface area contributed by atoms with E-state index < -0.39 is 0 Å². The van der Waals surface area contributed by atoms with Gasteiger partial charge >= 0.3 is 0 Å². The maximum absolute atomic E-state index is 8.85. The Labute approximate surface area is 105 Å². The van der Waals surface area contributed by atoms with Crippen LogP contribution >= 0.6 is 11.8 Å². The highest BCUT2D eigenvalue weighted by Gasteiger charge is 2.10. The van der Waals surface area contributed by atoms with E-state index in [9.17, 15) is 0 Å². The average Bonchev–Trinajstić information content (AvgIpc) is 2.40. The van der Waals surface area contributed by atoms with E-state index in [-0.39, 0.29) is 5.37 Å². The zero-order valence-corrected chi connectivity index (χ0v) is 10.0. The molecule has 2 aromatic rings. The molecule has 1 N–H and O–H groups in total. The number of hydrogen-bond donors (Lipinski definition) is 1. The van der Waals surface area contributed by atoms with Crippen molar-refractivity contribution in [2.75, 3.05) is 5.32 Å². The van der Waals surface area contributed by atoms with Crippen LogP contribution in [0.15, 0.2) is 60.7 Å². The number of thioether (sulfide) groups is 1. The molecule has 0 saturated heterocycles. The molecule has 17 heavy (non-hydrogen) atoms. The second-order valence-corrected chi connectivity index (χ2v) is 4.40. The van der Waals surface area contributed by atoms with Crippen LogP contribution in [-0.2, 0) is 0 Å². The van der Waals surface area contributed by atoms with Crippen molar-refractivity contribution in [3.8, 4) is 5.40 Å². The first kappa shape index (κ1) is 11.6. The van der Waals surface area contributed by atoms with E-state index >= 15 is 0 Å². The quantitative estimate of drug-likeness (QED) is 0.648. The fourth-order valence-corrected chi connectivity index (χ4v) is 2.14. The van der Waals surface area contributed by atoms with Gasteiger partial charge in [0.1, 0.15) is 10.8 Å². The summed E-state index contributed by atoms with van der Waals surface area (Å²) in [5, 5.41) is 14.3. The largest absolute Gasteiger partial charge is 0.369 e. The number of benzene rings is 2. The number of nitrogens with one attached hydrogen (secondary N) is 1. The van der Waals surface area contributed by atoms with Gasteiger partial charge in [0.2, 0.25) is 0 Å². The van der Waals surface area contributed by atoms with Crippen LogP contribution in [0.3, 0.4) is 0 Å². The Morgan fingerprint density at radius 1 is 0.941 bits per heavy atom. The first-order chi connectivity index (χ1) is 8.40. The SMILES string of the molecule is N#CSC(Nc1ccccc1)c1ccccc1. The molecule has 0 radical (unpaired) electrons. The van der Waals surface area contributed by atoms with Gasteiger partial charge in [-0.1, -0.05) is 48.5 Å². The number of nitriles is 1. The fourth-order valence-electron chi connectivity index (χ4n) is 1.55. The van der Waals surface area contributed by atoms with Gasteiger partial charge in [-0.15, -0.1) is 0 Å². The van der Waals surface area contributed by atoms with Gasteiger partial charge in [0, 0.05) is 5.69 Å². The first-order valence-electron chi connectivity index (χ1n) is 5.31. The summed E-state index contributed by atoms with van der Waals surface area (Å²) >= 11 is 1.22. The summed E-state index contributed by atoms with van der Waals surface area (Å²) < 4.78 is 0. The van der Waals surface area contributed by atoms with Gasteiger partial charge in [-0.25, -0.2) is 0 Å². The van der Waals surface area contributed by atoms with Crippen LogP contribution in [0.5, 0.6) is 0 Å². The lowest BCUT2D eigenvalue weighted by Crippen LogP contribution is -2.05. The van der Waals surface area contributed by atoms with Crippen LogP contribution in [0.25, 0.3) is 0 Å². The van der Waals surface area contributed by atoms with E-state index in [1.807, 2.05) is 60.7 Å². The molecular weight excluding hydrogens is 228 g/mol. The van der Waals surface area contributed by atoms with Gasteiger partial charge in [0.15, 0.2) is 0 Å². The van der Waals surface area contributed by atoms with Crippen LogP contribution in [0, 0.1) is 10.7 Å². The Hall–Kier alpha value is -1.92. The molecule has 0 aromatic heterocycles. The molecule has 0 fully saturated rings. The molecule has 1 unspecified atom stereocenters. The molecule has 0 heterocycles. The molecule has 2 nitrogen and oxygen atoms in total. The molecule has 0 aliphatic rings. The monoisotopic (exact) mass is 240 g/mol. The second kappa shape index (κ2) is 5.97. The third kappa shape index (κ3) is 3.27. The van der Waals surface area contributed by atoms with Crippen molar-refractivity contribution in [3.05, 3.63) is 66.2 Å². The summed E-state index contributed by atoms with van der Waals surface area (Å²) in [6.45, 7) is 0. The summed E-state index contributed by atoms with van der Waals surface area (Å²) in [6, 6.07) is 19.9. The molecule has 0 aliphatic carbocycles. The van der Waals surface area contributed by atoms with Crippen LogP contribution in [0.2, 0.25) is 0 Å². The van der Waals surface area contributed by atoms with Crippen LogP contribution in [0.1, 0.15) is 10.9 Å². The minimum Gasteiger partial charge on any atom is -0.369 e. The number of nitrogens with zero attached hydrogens (tertiary/aromatic N) is 1. The van der Waals surface area contributed by atoms with Gasteiger partial charge in [-0.05, 0) is 29.5 Å². The highest BCUT2D eigenvalue weighted by Crippen LogP contribution is 2.29. The van der Waals surface area contributed by atoms with Crippen molar-refractivity contribution >= 4 is 17.4 Å². The van der Waals surface area contributed by atoms with Crippen molar-refractivity contribution in [2.45, 2.75) is 5.37 Å². The highest BCUT2D eigenvalue weighted by atomic mass is 32.2. The normalized spacial score (nSPS) is 11.5. The van der Waals surface area contributed by atoms with Crippen LogP contribution in [0.4, 0.5) is 5.69 Å². The van der Waals surface area contributed by atoms with E-state index in [0.717, 1.165) is 11.3 Å². The minimum atomic E-state index is -0.0383. The predicted molar refractivity (Wildman–Crippen MR) is 72.5 cm³/mol. The number of anilines is 1. The number of hydrogen-bond acceptors (Lipinski definition) is 3. The molecule has 2 aromatic carbocycles. The first-order valence-corrected chi connectivity index (χ1v) is 6.19. The summed E-state index contributed by atoms with van der Waals surface area (Å²) in [4.78, 5) is 0. The van der Waals surface area contributed by atoms with Gasteiger partial charge in [-0.2, -0.15) is 5.26 Å². The van der Waals surface area contributed by atoms with Crippen LogP contribution < -0.4 is 5.32 Å². The lowest BCUT2D eigenvalue weighted by Gasteiger charge is -2.16.